The van der Waals surface area contributed by atoms with Crippen molar-refractivity contribution in [3.63, 3.8) is 0 Å². The third-order valence-electron chi connectivity index (χ3n) is 4.29. The maximum Gasteiger partial charge on any atom is 0.242 e. The predicted octanol–water partition coefficient (Wildman–Crippen LogP) is 3.53. The molecule has 0 spiro atoms. The molecule has 27 heavy (non-hydrogen) atoms. The molecule has 144 valence electrons. The van der Waals surface area contributed by atoms with Gasteiger partial charge < -0.3 is 10.2 Å². The third kappa shape index (κ3) is 6.40. The Kier molecular flexibility index (Phi) is 7.85. The van der Waals surface area contributed by atoms with Gasteiger partial charge >= 0.3 is 0 Å². The van der Waals surface area contributed by atoms with Gasteiger partial charge in [-0.3, -0.25) is 9.59 Å². The minimum atomic E-state index is -0.560. The molecule has 0 aliphatic carbocycles. The molecular weight excluding hydrogens is 363 g/mol. The molecule has 0 aliphatic heterocycles. The standard InChI is InChI=1S/C21H25FN2O2S/c1-15-4-6-17(7-5-15)12-24(16(2)21(26)23-3)20(25)14-27-13-18-8-10-19(22)11-9-18/h4-11,16H,12-14H2,1-3H3,(H,23,26)/t16-/m0/s1. The topological polar surface area (TPSA) is 49.4 Å². The summed E-state index contributed by atoms with van der Waals surface area (Å²) in [6.45, 7) is 4.12. The van der Waals surface area contributed by atoms with E-state index in [0.29, 0.717) is 12.3 Å². The average Bonchev–Trinajstić information content (AvgIpc) is 2.67. The zero-order chi connectivity index (χ0) is 19.8. The molecule has 0 fully saturated rings. The first-order chi connectivity index (χ1) is 12.9. The lowest BCUT2D eigenvalue weighted by Crippen LogP contribution is -2.47. The van der Waals surface area contributed by atoms with Crippen LogP contribution in [0, 0.1) is 12.7 Å². The Morgan fingerprint density at radius 1 is 1.07 bits per heavy atom. The Labute approximate surface area is 164 Å². The van der Waals surface area contributed by atoms with Crippen molar-refractivity contribution in [2.24, 2.45) is 0 Å². The van der Waals surface area contributed by atoms with Crippen molar-refractivity contribution in [2.45, 2.75) is 32.2 Å². The fourth-order valence-corrected chi connectivity index (χ4v) is 3.47. The van der Waals surface area contributed by atoms with Gasteiger partial charge in [-0.15, -0.1) is 11.8 Å². The number of likely N-dealkylation sites (N-methyl/N-ethyl adjacent to an activating group) is 1. The van der Waals surface area contributed by atoms with Gasteiger partial charge in [-0.05, 0) is 37.1 Å². The van der Waals surface area contributed by atoms with Gasteiger partial charge in [-0.1, -0.05) is 42.0 Å². The number of nitrogens with one attached hydrogen (secondary N) is 1. The molecule has 1 atom stereocenters. The summed E-state index contributed by atoms with van der Waals surface area (Å²) >= 11 is 1.45. The Bertz CT molecular complexity index is 763. The van der Waals surface area contributed by atoms with E-state index in [9.17, 15) is 14.0 Å². The lowest BCUT2D eigenvalue weighted by atomic mass is 10.1. The SMILES string of the molecule is CNC(=O)[C@H](C)N(Cc1ccc(C)cc1)C(=O)CSCc1ccc(F)cc1. The summed E-state index contributed by atoms with van der Waals surface area (Å²) in [4.78, 5) is 26.5. The lowest BCUT2D eigenvalue weighted by Gasteiger charge is -2.28. The van der Waals surface area contributed by atoms with Crippen LogP contribution in [-0.2, 0) is 21.9 Å². The number of carbonyl (C=O) groups is 2. The zero-order valence-electron chi connectivity index (χ0n) is 15.9. The summed E-state index contributed by atoms with van der Waals surface area (Å²) in [7, 11) is 1.57. The van der Waals surface area contributed by atoms with E-state index < -0.39 is 6.04 Å². The summed E-state index contributed by atoms with van der Waals surface area (Å²) in [5, 5.41) is 2.61. The van der Waals surface area contributed by atoms with Crippen molar-refractivity contribution in [3.8, 4) is 0 Å². The Morgan fingerprint density at radius 2 is 1.67 bits per heavy atom. The van der Waals surface area contributed by atoms with Crippen LogP contribution in [0.25, 0.3) is 0 Å². The van der Waals surface area contributed by atoms with Crippen molar-refractivity contribution in [2.75, 3.05) is 12.8 Å². The number of hydrogen-bond donors (Lipinski definition) is 1. The van der Waals surface area contributed by atoms with Crippen molar-refractivity contribution >= 4 is 23.6 Å². The summed E-state index contributed by atoms with van der Waals surface area (Å²) in [6.07, 6.45) is 0. The second-order valence-corrected chi connectivity index (χ2v) is 7.40. The van der Waals surface area contributed by atoms with E-state index in [1.54, 1.807) is 31.0 Å². The Hall–Kier alpha value is -2.34. The molecule has 0 saturated carbocycles. The van der Waals surface area contributed by atoms with Crippen LogP contribution in [0.1, 0.15) is 23.6 Å². The van der Waals surface area contributed by atoms with E-state index in [2.05, 4.69) is 5.32 Å². The predicted molar refractivity (Wildman–Crippen MR) is 108 cm³/mol. The first-order valence-corrected chi connectivity index (χ1v) is 9.95. The van der Waals surface area contributed by atoms with E-state index in [0.717, 1.165) is 16.7 Å². The molecule has 0 unspecified atom stereocenters. The third-order valence-corrected chi connectivity index (χ3v) is 5.28. The zero-order valence-corrected chi connectivity index (χ0v) is 16.7. The first-order valence-electron chi connectivity index (χ1n) is 8.79. The molecule has 0 aliphatic rings. The number of amides is 2. The van der Waals surface area contributed by atoms with E-state index in [1.165, 1.54) is 23.9 Å². The number of hydrogen-bond acceptors (Lipinski definition) is 3. The molecule has 0 saturated heterocycles. The summed E-state index contributed by atoms with van der Waals surface area (Å²) < 4.78 is 13.0. The molecule has 2 aromatic carbocycles. The van der Waals surface area contributed by atoms with Crippen molar-refractivity contribution in [3.05, 3.63) is 71.0 Å². The van der Waals surface area contributed by atoms with Gasteiger partial charge in [0.05, 0.1) is 5.75 Å². The molecule has 2 aromatic rings. The first kappa shape index (κ1) is 21.0. The summed E-state index contributed by atoms with van der Waals surface area (Å²) in [6, 6.07) is 13.6. The van der Waals surface area contributed by atoms with Gasteiger partial charge in [0.15, 0.2) is 0 Å². The molecule has 2 rings (SSSR count). The van der Waals surface area contributed by atoms with Crippen LogP contribution in [0.4, 0.5) is 4.39 Å². The number of rotatable bonds is 8. The quantitative estimate of drug-likeness (QED) is 0.753. The van der Waals surface area contributed by atoms with Gasteiger partial charge in [0.1, 0.15) is 11.9 Å². The maximum atomic E-state index is 13.0. The molecule has 0 radical (unpaired) electrons. The monoisotopic (exact) mass is 388 g/mol. The van der Waals surface area contributed by atoms with Gasteiger partial charge in [-0.25, -0.2) is 4.39 Å². The van der Waals surface area contributed by atoms with Crippen molar-refractivity contribution < 1.29 is 14.0 Å². The Balaban J connectivity index is 2.02. The van der Waals surface area contributed by atoms with Crippen LogP contribution in [0.3, 0.4) is 0 Å². The number of carbonyl (C=O) groups excluding carboxylic acids is 2. The molecule has 1 N–H and O–H groups in total. The van der Waals surface area contributed by atoms with Crippen molar-refractivity contribution in [1.82, 2.24) is 10.2 Å². The van der Waals surface area contributed by atoms with Crippen LogP contribution >= 0.6 is 11.8 Å². The molecule has 0 bridgehead atoms. The van der Waals surface area contributed by atoms with E-state index in [4.69, 9.17) is 0 Å². The molecule has 2 amide bonds. The highest BCUT2D eigenvalue weighted by Crippen LogP contribution is 2.16. The fourth-order valence-electron chi connectivity index (χ4n) is 2.60. The van der Waals surface area contributed by atoms with Gasteiger partial charge in [0.25, 0.3) is 0 Å². The van der Waals surface area contributed by atoms with Gasteiger partial charge in [0.2, 0.25) is 11.8 Å². The molecule has 0 heterocycles. The number of halogens is 1. The van der Waals surface area contributed by atoms with Gasteiger partial charge in [0, 0.05) is 19.3 Å². The summed E-state index contributed by atoms with van der Waals surface area (Å²) in [5.74, 6) is 0.296. The molecule has 4 nitrogen and oxygen atoms in total. The molecule has 0 aromatic heterocycles. The number of aryl methyl sites for hydroxylation is 1. The van der Waals surface area contributed by atoms with E-state index in [-0.39, 0.29) is 23.4 Å². The fraction of sp³-hybridized carbons (Fsp3) is 0.333. The summed E-state index contributed by atoms with van der Waals surface area (Å²) in [5.41, 5.74) is 3.08. The van der Waals surface area contributed by atoms with Crippen LogP contribution in [0.15, 0.2) is 48.5 Å². The van der Waals surface area contributed by atoms with Crippen LogP contribution in [0.5, 0.6) is 0 Å². The Morgan fingerprint density at radius 3 is 2.26 bits per heavy atom. The highest BCUT2D eigenvalue weighted by Gasteiger charge is 2.25. The second kappa shape index (κ2) is 10.1. The second-order valence-electron chi connectivity index (χ2n) is 6.42. The smallest absolute Gasteiger partial charge is 0.242 e. The highest BCUT2D eigenvalue weighted by molar-refractivity contribution is 7.99. The largest absolute Gasteiger partial charge is 0.357 e. The normalized spacial score (nSPS) is 11.7. The molecule has 6 heteroatoms. The van der Waals surface area contributed by atoms with Gasteiger partial charge in [-0.2, -0.15) is 0 Å². The van der Waals surface area contributed by atoms with Crippen molar-refractivity contribution in [1.29, 1.82) is 0 Å². The number of nitrogens with zero attached hydrogens (tertiary/aromatic N) is 1. The number of benzene rings is 2. The number of thioether (sulfide) groups is 1. The van der Waals surface area contributed by atoms with E-state index >= 15 is 0 Å². The van der Waals surface area contributed by atoms with Crippen LogP contribution < -0.4 is 5.32 Å². The van der Waals surface area contributed by atoms with E-state index in [1.807, 2.05) is 31.2 Å². The molecular formula is C21H25FN2O2S. The van der Waals surface area contributed by atoms with Crippen LogP contribution in [-0.4, -0.2) is 35.6 Å². The minimum absolute atomic E-state index is 0.0983. The average molecular weight is 389 g/mol. The maximum absolute atomic E-state index is 13.0. The lowest BCUT2D eigenvalue weighted by molar-refractivity contribution is -0.138. The highest BCUT2D eigenvalue weighted by atomic mass is 32.2. The minimum Gasteiger partial charge on any atom is -0.357 e. The van der Waals surface area contributed by atoms with Crippen LogP contribution in [0.2, 0.25) is 0 Å².